The van der Waals surface area contributed by atoms with Gasteiger partial charge in [-0.25, -0.2) is 8.42 Å². The molecule has 1 aromatic rings. The summed E-state index contributed by atoms with van der Waals surface area (Å²) in [4.78, 5) is 15.3. The molecule has 1 N–H and O–H groups in total. The number of morpholine rings is 1. The van der Waals surface area contributed by atoms with E-state index in [1.54, 1.807) is 0 Å². The molecule has 1 saturated carbocycles. The highest BCUT2D eigenvalue weighted by Crippen LogP contribution is 2.34. The van der Waals surface area contributed by atoms with Gasteiger partial charge >= 0.3 is 0 Å². The lowest BCUT2D eigenvalue weighted by Gasteiger charge is -2.48. The van der Waals surface area contributed by atoms with Gasteiger partial charge in [0, 0.05) is 31.4 Å². The standard InChI is InChI=1S/C19H27ClN2O4S/c1-27(24,25)15-5-6-17(20)16(13-15)18(23)21-14-19(7-3-2-4-8-19)22-9-11-26-12-10-22/h5-6,13H,2-4,7-12,14H2,1H3,(H,21,23). The number of halogens is 1. The molecular formula is C19H27ClN2O4S. The zero-order valence-electron chi connectivity index (χ0n) is 15.7. The Balaban J connectivity index is 1.76. The second-order valence-electron chi connectivity index (χ2n) is 7.48. The Bertz CT molecular complexity index is 785. The van der Waals surface area contributed by atoms with E-state index in [1.807, 2.05) is 0 Å². The first kappa shape index (κ1) is 20.6. The van der Waals surface area contributed by atoms with Crippen molar-refractivity contribution in [2.24, 2.45) is 0 Å². The fraction of sp³-hybridized carbons (Fsp3) is 0.632. The fourth-order valence-electron chi connectivity index (χ4n) is 4.10. The van der Waals surface area contributed by atoms with Crippen molar-refractivity contribution in [1.29, 1.82) is 0 Å². The predicted octanol–water partition coefficient (Wildman–Crippen LogP) is 2.51. The molecule has 2 aliphatic rings. The summed E-state index contributed by atoms with van der Waals surface area (Å²) in [5, 5.41) is 3.28. The number of nitrogens with zero attached hydrogens (tertiary/aromatic N) is 1. The van der Waals surface area contributed by atoms with Crippen molar-refractivity contribution in [2.75, 3.05) is 39.1 Å². The SMILES string of the molecule is CS(=O)(=O)c1ccc(Cl)c(C(=O)NCC2(N3CCOCC3)CCCCC2)c1. The summed E-state index contributed by atoms with van der Waals surface area (Å²) >= 11 is 6.16. The average molecular weight is 415 g/mol. The number of hydrogen-bond donors (Lipinski definition) is 1. The molecule has 0 atom stereocenters. The number of benzene rings is 1. The van der Waals surface area contributed by atoms with E-state index in [-0.39, 0.29) is 26.9 Å². The van der Waals surface area contributed by atoms with Crippen molar-refractivity contribution in [3.8, 4) is 0 Å². The summed E-state index contributed by atoms with van der Waals surface area (Å²) in [5.41, 5.74) is 0.144. The van der Waals surface area contributed by atoms with Crippen molar-refractivity contribution in [1.82, 2.24) is 10.2 Å². The highest BCUT2D eigenvalue weighted by Gasteiger charge is 2.39. The van der Waals surface area contributed by atoms with Crippen LogP contribution in [0.4, 0.5) is 0 Å². The van der Waals surface area contributed by atoms with Crippen LogP contribution in [0.5, 0.6) is 0 Å². The van der Waals surface area contributed by atoms with Crippen molar-refractivity contribution >= 4 is 27.3 Å². The maximum Gasteiger partial charge on any atom is 0.252 e. The van der Waals surface area contributed by atoms with Gasteiger partial charge in [0.2, 0.25) is 0 Å². The van der Waals surface area contributed by atoms with E-state index in [2.05, 4.69) is 10.2 Å². The van der Waals surface area contributed by atoms with Crippen molar-refractivity contribution in [3.05, 3.63) is 28.8 Å². The third-order valence-corrected chi connectivity index (χ3v) is 7.09. The second kappa shape index (κ2) is 8.47. The highest BCUT2D eigenvalue weighted by molar-refractivity contribution is 7.90. The maximum atomic E-state index is 12.8. The Morgan fingerprint density at radius 3 is 2.52 bits per heavy atom. The molecule has 0 aromatic heterocycles. The lowest BCUT2D eigenvalue weighted by molar-refractivity contribution is -0.0361. The molecule has 3 rings (SSSR count). The van der Waals surface area contributed by atoms with Crippen LogP contribution in [0.1, 0.15) is 42.5 Å². The number of sulfone groups is 1. The molecule has 1 saturated heterocycles. The first-order valence-corrected chi connectivity index (χ1v) is 11.7. The molecule has 2 fully saturated rings. The van der Waals surface area contributed by atoms with Gasteiger partial charge in [-0.3, -0.25) is 9.69 Å². The fourth-order valence-corrected chi connectivity index (χ4v) is 4.95. The molecule has 8 heteroatoms. The summed E-state index contributed by atoms with van der Waals surface area (Å²) in [6, 6.07) is 4.24. The van der Waals surface area contributed by atoms with Crippen molar-refractivity contribution < 1.29 is 17.9 Å². The summed E-state index contributed by atoms with van der Waals surface area (Å²) in [6.07, 6.45) is 6.74. The minimum Gasteiger partial charge on any atom is -0.379 e. The van der Waals surface area contributed by atoms with E-state index in [1.165, 1.54) is 24.6 Å². The Kier molecular flexibility index (Phi) is 6.46. The minimum absolute atomic E-state index is 0.0569. The lowest BCUT2D eigenvalue weighted by Crippen LogP contribution is -2.59. The van der Waals surface area contributed by atoms with Gasteiger partial charge in [0.1, 0.15) is 0 Å². The van der Waals surface area contributed by atoms with Crippen molar-refractivity contribution in [2.45, 2.75) is 42.5 Å². The van der Waals surface area contributed by atoms with Crippen molar-refractivity contribution in [3.63, 3.8) is 0 Å². The third kappa shape index (κ3) is 4.83. The Morgan fingerprint density at radius 1 is 1.22 bits per heavy atom. The average Bonchev–Trinajstić information content (AvgIpc) is 2.67. The van der Waals surface area contributed by atoms with E-state index in [4.69, 9.17) is 16.3 Å². The molecule has 1 aliphatic carbocycles. The molecule has 1 aromatic carbocycles. The first-order valence-electron chi connectivity index (χ1n) is 9.42. The second-order valence-corrected chi connectivity index (χ2v) is 9.90. The smallest absolute Gasteiger partial charge is 0.252 e. The number of hydrogen-bond acceptors (Lipinski definition) is 5. The van der Waals surface area contributed by atoms with E-state index >= 15 is 0 Å². The third-order valence-electron chi connectivity index (χ3n) is 5.65. The summed E-state index contributed by atoms with van der Waals surface area (Å²) in [7, 11) is -3.40. The molecule has 0 unspecified atom stereocenters. The number of rotatable bonds is 5. The molecule has 27 heavy (non-hydrogen) atoms. The van der Waals surface area contributed by atoms with Crippen LogP contribution in [0.25, 0.3) is 0 Å². The maximum absolute atomic E-state index is 12.8. The van der Waals surface area contributed by atoms with E-state index in [0.717, 1.165) is 58.2 Å². The van der Waals surface area contributed by atoms with Crippen LogP contribution in [-0.2, 0) is 14.6 Å². The van der Waals surface area contributed by atoms with E-state index in [9.17, 15) is 13.2 Å². The van der Waals surface area contributed by atoms with E-state index in [0.29, 0.717) is 6.54 Å². The van der Waals surface area contributed by atoms with Gasteiger partial charge in [-0.15, -0.1) is 0 Å². The van der Waals surface area contributed by atoms with Crippen LogP contribution < -0.4 is 5.32 Å². The van der Waals surface area contributed by atoms with Gasteiger partial charge < -0.3 is 10.1 Å². The zero-order valence-corrected chi connectivity index (χ0v) is 17.2. The Hall–Kier alpha value is -1.15. The molecule has 150 valence electrons. The van der Waals surface area contributed by atoms with Gasteiger partial charge in [0.25, 0.3) is 5.91 Å². The number of carbonyl (C=O) groups is 1. The molecule has 1 aliphatic heterocycles. The Labute approximate surface area is 166 Å². The first-order chi connectivity index (χ1) is 12.8. The van der Waals surface area contributed by atoms with Crippen LogP contribution in [-0.4, -0.2) is 63.9 Å². The number of amides is 1. The lowest BCUT2D eigenvalue weighted by atomic mass is 9.79. The van der Waals surface area contributed by atoms with Gasteiger partial charge in [0.15, 0.2) is 9.84 Å². The van der Waals surface area contributed by atoms with Gasteiger partial charge in [-0.2, -0.15) is 0 Å². The van der Waals surface area contributed by atoms with Gasteiger partial charge in [0.05, 0.1) is 28.7 Å². The quantitative estimate of drug-likeness (QED) is 0.801. The molecule has 1 amide bonds. The van der Waals surface area contributed by atoms with Crippen LogP contribution in [0, 0.1) is 0 Å². The highest BCUT2D eigenvalue weighted by atomic mass is 35.5. The number of carbonyl (C=O) groups excluding carboxylic acids is 1. The molecule has 0 radical (unpaired) electrons. The van der Waals surface area contributed by atoms with Gasteiger partial charge in [-0.1, -0.05) is 30.9 Å². The summed E-state index contributed by atoms with van der Waals surface area (Å²) < 4.78 is 29.1. The van der Waals surface area contributed by atoms with Crippen LogP contribution in [0.3, 0.4) is 0 Å². The van der Waals surface area contributed by atoms with E-state index < -0.39 is 9.84 Å². The number of nitrogens with one attached hydrogen (secondary N) is 1. The summed E-state index contributed by atoms with van der Waals surface area (Å²) in [5.74, 6) is -0.330. The predicted molar refractivity (Wildman–Crippen MR) is 105 cm³/mol. The molecular weight excluding hydrogens is 388 g/mol. The molecule has 6 nitrogen and oxygen atoms in total. The summed E-state index contributed by atoms with van der Waals surface area (Å²) in [6.45, 7) is 3.72. The topological polar surface area (TPSA) is 75.7 Å². The van der Waals surface area contributed by atoms with Crippen LogP contribution in [0.2, 0.25) is 5.02 Å². The van der Waals surface area contributed by atoms with Crippen LogP contribution in [0.15, 0.2) is 23.1 Å². The monoisotopic (exact) mass is 414 g/mol. The molecule has 0 bridgehead atoms. The molecule has 0 spiro atoms. The van der Waals surface area contributed by atoms with Crippen LogP contribution >= 0.6 is 11.6 Å². The largest absolute Gasteiger partial charge is 0.379 e. The minimum atomic E-state index is -3.40. The van der Waals surface area contributed by atoms with Gasteiger partial charge in [-0.05, 0) is 31.0 Å². The number of ether oxygens (including phenoxy) is 1. The normalized spacial score (nSPS) is 21.0. The molecule has 1 heterocycles. The Morgan fingerprint density at radius 2 is 1.89 bits per heavy atom. The zero-order chi connectivity index (χ0) is 19.5.